The van der Waals surface area contributed by atoms with Crippen molar-refractivity contribution >= 4 is 31.6 Å². The molecular weight excluding hydrogens is 336 g/mol. The van der Waals surface area contributed by atoms with Gasteiger partial charge in [-0.3, -0.25) is 0 Å². The maximum Gasteiger partial charge on any atom is 0.240 e. The molecule has 1 aromatic carbocycles. The summed E-state index contributed by atoms with van der Waals surface area (Å²) in [5.74, 6) is 0. The minimum absolute atomic E-state index is 0.0139. The van der Waals surface area contributed by atoms with Crippen LogP contribution in [-0.2, 0) is 20.0 Å². The molecule has 21 heavy (non-hydrogen) atoms. The number of nitrogens with one attached hydrogen (secondary N) is 1. The van der Waals surface area contributed by atoms with Crippen LogP contribution in [0.3, 0.4) is 0 Å². The lowest BCUT2D eigenvalue weighted by molar-refractivity contribution is 0.410. The van der Waals surface area contributed by atoms with E-state index < -0.39 is 20.0 Å². The highest BCUT2D eigenvalue weighted by atomic mass is 35.5. The third kappa shape index (κ3) is 4.65. The number of hydrogen-bond acceptors (Lipinski definition) is 4. The van der Waals surface area contributed by atoms with Crippen LogP contribution in [-0.4, -0.2) is 46.5 Å². The van der Waals surface area contributed by atoms with Gasteiger partial charge in [0.05, 0.1) is 11.2 Å². The van der Waals surface area contributed by atoms with E-state index in [-0.39, 0.29) is 24.0 Å². The Balaban J connectivity index is 1.97. The SMILES string of the molecule is CS(=O)(=O)N(CCNS(=O)(=O)c1ccc(Cl)cc1)C1CC1. The standard InChI is InChI=1S/C12H17ClN2O4S2/c1-20(16,17)15(11-4-5-11)9-8-14-21(18,19)12-6-2-10(13)3-7-12/h2-3,6-7,11,14H,4-5,8-9H2,1H3. The highest BCUT2D eigenvalue weighted by Crippen LogP contribution is 2.28. The lowest BCUT2D eigenvalue weighted by Crippen LogP contribution is -2.39. The van der Waals surface area contributed by atoms with Crippen molar-refractivity contribution in [3.63, 3.8) is 0 Å². The molecule has 0 atom stereocenters. The van der Waals surface area contributed by atoms with E-state index in [1.165, 1.54) is 28.6 Å². The Morgan fingerprint density at radius 1 is 1.19 bits per heavy atom. The van der Waals surface area contributed by atoms with Gasteiger partial charge >= 0.3 is 0 Å². The van der Waals surface area contributed by atoms with Gasteiger partial charge in [0.1, 0.15) is 0 Å². The summed E-state index contributed by atoms with van der Waals surface area (Å²) in [4.78, 5) is 0.101. The Bertz CT molecular complexity index is 697. The van der Waals surface area contributed by atoms with Crippen LogP contribution >= 0.6 is 11.6 Å². The smallest absolute Gasteiger partial charge is 0.212 e. The first-order valence-corrected chi connectivity index (χ1v) is 10.1. The third-order valence-corrected chi connectivity index (χ3v) is 6.19. The van der Waals surface area contributed by atoms with Crippen molar-refractivity contribution in [1.29, 1.82) is 0 Å². The molecule has 2 rings (SSSR count). The van der Waals surface area contributed by atoms with E-state index in [1.807, 2.05) is 0 Å². The monoisotopic (exact) mass is 352 g/mol. The largest absolute Gasteiger partial charge is 0.240 e. The fourth-order valence-corrected chi connectivity index (χ4v) is 4.29. The van der Waals surface area contributed by atoms with Gasteiger partial charge in [-0.05, 0) is 37.1 Å². The fraction of sp³-hybridized carbons (Fsp3) is 0.500. The molecule has 0 bridgehead atoms. The molecular formula is C12H17ClN2O4S2. The van der Waals surface area contributed by atoms with Gasteiger partial charge in [0, 0.05) is 24.2 Å². The molecule has 0 heterocycles. The molecule has 0 aromatic heterocycles. The molecule has 1 aliphatic rings. The van der Waals surface area contributed by atoms with Crippen LogP contribution in [0.5, 0.6) is 0 Å². The van der Waals surface area contributed by atoms with E-state index in [0.29, 0.717) is 5.02 Å². The van der Waals surface area contributed by atoms with Crippen molar-refractivity contribution in [3.05, 3.63) is 29.3 Å². The second-order valence-corrected chi connectivity index (χ2v) is 9.10. The van der Waals surface area contributed by atoms with Crippen LogP contribution in [0.25, 0.3) is 0 Å². The van der Waals surface area contributed by atoms with Crippen molar-refractivity contribution in [2.75, 3.05) is 19.3 Å². The maximum atomic E-state index is 12.0. The van der Waals surface area contributed by atoms with Gasteiger partial charge in [-0.1, -0.05) is 11.6 Å². The first-order valence-electron chi connectivity index (χ1n) is 6.42. The Morgan fingerprint density at radius 2 is 1.76 bits per heavy atom. The maximum absolute atomic E-state index is 12.0. The van der Waals surface area contributed by atoms with Gasteiger partial charge in [0.2, 0.25) is 20.0 Å². The Labute approximate surface area is 130 Å². The van der Waals surface area contributed by atoms with Crippen LogP contribution in [0, 0.1) is 0 Å². The normalized spacial score (nSPS) is 16.3. The van der Waals surface area contributed by atoms with Crippen LogP contribution in [0.4, 0.5) is 0 Å². The molecule has 0 aliphatic heterocycles. The molecule has 0 amide bonds. The molecule has 6 nitrogen and oxygen atoms in total. The third-order valence-electron chi connectivity index (χ3n) is 3.13. The summed E-state index contributed by atoms with van der Waals surface area (Å²) in [5, 5.41) is 0.450. The molecule has 118 valence electrons. The van der Waals surface area contributed by atoms with Crippen molar-refractivity contribution in [2.45, 2.75) is 23.8 Å². The van der Waals surface area contributed by atoms with E-state index in [0.717, 1.165) is 19.1 Å². The summed E-state index contributed by atoms with van der Waals surface area (Å²) in [6.07, 6.45) is 2.80. The quantitative estimate of drug-likeness (QED) is 0.794. The summed E-state index contributed by atoms with van der Waals surface area (Å²) < 4.78 is 51.0. The van der Waals surface area contributed by atoms with Crippen molar-refractivity contribution < 1.29 is 16.8 Å². The van der Waals surface area contributed by atoms with Crippen LogP contribution in [0.2, 0.25) is 5.02 Å². The molecule has 1 fully saturated rings. The topological polar surface area (TPSA) is 83.6 Å². The van der Waals surface area contributed by atoms with Gasteiger partial charge in [-0.2, -0.15) is 4.31 Å². The zero-order chi connectivity index (χ0) is 15.7. The Morgan fingerprint density at radius 3 is 2.24 bits per heavy atom. The summed E-state index contributed by atoms with van der Waals surface area (Å²) in [6, 6.07) is 5.80. The van der Waals surface area contributed by atoms with Gasteiger partial charge in [0.25, 0.3) is 0 Å². The lowest BCUT2D eigenvalue weighted by Gasteiger charge is -2.19. The average molecular weight is 353 g/mol. The van der Waals surface area contributed by atoms with Crippen molar-refractivity contribution in [2.24, 2.45) is 0 Å². The summed E-state index contributed by atoms with van der Waals surface area (Å²) in [6.45, 7) is 0.171. The van der Waals surface area contributed by atoms with Gasteiger partial charge < -0.3 is 0 Å². The number of rotatable bonds is 7. The molecule has 1 N–H and O–H groups in total. The lowest BCUT2D eigenvalue weighted by atomic mass is 10.4. The van der Waals surface area contributed by atoms with E-state index in [4.69, 9.17) is 11.6 Å². The predicted molar refractivity (Wildman–Crippen MR) is 81.2 cm³/mol. The summed E-state index contributed by atoms with van der Waals surface area (Å²) in [5.41, 5.74) is 0. The van der Waals surface area contributed by atoms with Crippen LogP contribution in [0.1, 0.15) is 12.8 Å². The fourth-order valence-electron chi connectivity index (χ4n) is 1.97. The highest BCUT2D eigenvalue weighted by molar-refractivity contribution is 7.89. The van der Waals surface area contributed by atoms with Crippen molar-refractivity contribution in [1.82, 2.24) is 9.03 Å². The van der Waals surface area contributed by atoms with E-state index >= 15 is 0 Å². The summed E-state index contributed by atoms with van der Waals surface area (Å²) >= 11 is 5.71. The number of nitrogens with zero attached hydrogens (tertiary/aromatic N) is 1. The van der Waals surface area contributed by atoms with Crippen LogP contribution in [0.15, 0.2) is 29.2 Å². The molecule has 1 aromatic rings. The zero-order valence-corrected chi connectivity index (χ0v) is 13.9. The molecule has 9 heteroatoms. The van der Waals surface area contributed by atoms with E-state index in [1.54, 1.807) is 0 Å². The first-order chi connectivity index (χ1) is 9.70. The molecule has 0 saturated heterocycles. The van der Waals surface area contributed by atoms with E-state index in [2.05, 4.69) is 4.72 Å². The second kappa shape index (κ2) is 6.21. The minimum Gasteiger partial charge on any atom is -0.212 e. The highest BCUT2D eigenvalue weighted by Gasteiger charge is 2.34. The molecule has 0 spiro atoms. The zero-order valence-electron chi connectivity index (χ0n) is 11.5. The number of benzene rings is 1. The average Bonchev–Trinajstić information content (AvgIpc) is 3.18. The van der Waals surface area contributed by atoms with Gasteiger partial charge in [-0.25, -0.2) is 21.6 Å². The molecule has 0 radical (unpaired) electrons. The van der Waals surface area contributed by atoms with E-state index in [9.17, 15) is 16.8 Å². The molecule has 1 saturated carbocycles. The van der Waals surface area contributed by atoms with Crippen LogP contribution < -0.4 is 4.72 Å². The molecule has 0 unspecified atom stereocenters. The summed E-state index contributed by atoms with van der Waals surface area (Å²) in [7, 11) is -6.96. The minimum atomic E-state index is -3.65. The number of hydrogen-bond donors (Lipinski definition) is 1. The van der Waals surface area contributed by atoms with Gasteiger partial charge in [-0.15, -0.1) is 0 Å². The number of sulfonamides is 2. The molecule has 1 aliphatic carbocycles. The van der Waals surface area contributed by atoms with Gasteiger partial charge in [0.15, 0.2) is 0 Å². The van der Waals surface area contributed by atoms with Crippen molar-refractivity contribution in [3.8, 4) is 0 Å². The number of halogens is 1. The first kappa shape index (κ1) is 16.7. The Kier molecular flexibility index (Phi) is 4.94. The Hall–Kier alpha value is -0.670. The second-order valence-electron chi connectivity index (χ2n) is 4.96. The predicted octanol–water partition coefficient (Wildman–Crippen LogP) is 1.04.